The van der Waals surface area contributed by atoms with E-state index in [2.05, 4.69) is 207 Å². The Labute approximate surface area is 367 Å². The van der Waals surface area contributed by atoms with E-state index < -0.39 is 5.41 Å². The number of rotatable bonds is 3. The molecule has 0 saturated heterocycles. The number of anilines is 3. The molecule has 0 atom stereocenters. The van der Waals surface area contributed by atoms with E-state index >= 15 is 0 Å². The molecule has 9 aromatic carbocycles. The lowest BCUT2D eigenvalue weighted by molar-refractivity contribution is 0.436. The zero-order valence-electron chi connectivity index (χ0n) is 34.1. The lowest BCUT2D eigenvalue weighted by Crippen LogP contribution is -2.32. The molecule has 2 aliphatic carbocycles. The van der Waals surface area contributed by atoms with Gasteiger partial charge in [0, 0.05) is 57.9 Å². The summed E-state index contributed by atoms with van der Waals surface area (Å²) in [6, 6.07) is 70.2. The van der Waals surface area contributed by atoms with Crippen molar-refractivity contribution in [1.29, 1.82) is 0 Å². The summed E-state index contributed by atoms with van der Waals surface area (Å²) in [4.78, 5) is 2.57. The first-order chi connectivity index (χ1) is 30.5. The van der Waals surface area contributed by atoms with Gasteiger partial charge in [-0.2, -0.15) is 0 Å². The highest BCUT2D eigenvalue weighted by molar-refractivity contribution is 7.26. The lowest BCUT2D eigenvalue weighted by atomic mass is 9.66. The topological polar surface area (TPSA) is 12.5 Å². The summed E-state index contributed by atoms with van der Waals surface area (Å²) in [6.07, 6.45) is 0. The quantitative estimate of drug-likeness (QED) is 0.176. The Morgan fingerprint density at radius 1 is 0.403 bits per heavy atom. The highest BCUT2D eigenvalue weighted by Crippen LogP contribution is 2.63. The molecule has 0 saturated carbocycles. The molecular formula is C58H37NOS2. The number of hydrogen-bond acceptors (Lipinski definition) is 4. The van der Waals surface area contributed by atoms with Crippen molar-refractivity contribution in [3.8, 4) is 33.8 Å². The van der Waals surface area contributed by atoms with E-state index in [0.29, 0.717) is 0 Å². The van der Waals surface area contributed by atoms with Gasteiger partial charge >= 0.3 is 0 Å². The van der Waals surface area contributed by atoms with Crippen molar-refractivity contribution in [1.82, 2.24) is 0 Å². The second-order valence-corrected chi connectivity index (χ2v) is 19.7. The summed E-state index contributed by atoms with van der Waals surface area (Å²) >= 11 is 3.79. The molecule has 14 rings (SSSR count). The number of ether oxygens (including phenoxy) is 1. The molecule has 2 nitrogen and oxygen atoms in total. The van der Waals surface area contributed by atoms with Crippen molar-refractivity contribution in [3.05, 3.63) is 221 Å². The number of hydrogen-bond donors (Lipinski definition) is 0. The van der Waals surface area contributed by atoms with Crippen molar-refractivity contribution in [3.63, 3.8) is 0 Å². The van der Waals surface area contributed by atoms with E-state index in [4.69, 9.17) is 4.74 Å². The van der Waals surface area contributed by atoms with Crippen LogP contribution in [0.4, 0.5) is 17.1 Å². The number of fused-ring (bicyclic) bond motifs is 18. The molecule has 0 radical (unpaired) electrons. The van der Waals surface area contributed by atoms with Gasteiger partial charge in [-0.15, -0.1) is 22.7 Å². The van der Waals surface area contributed by atoms with Crippen molar-refractivity contribution in [2.45, 2.75) is 24.7 Å². The minimum Gasteiger partial charge on any atom is -0.457 e. The molecule has 3 aliphatic rings. The van der Waals surface area contributed by atoms with E-state index in [0.717, 1.165) is 11.5 Å². The number of thiophene rings is 2. The average Bonchev–Trinajstić information content (AvgIpc) is 4.02. The third-order valence-corrected chi connectivity index (χ3v) is 16.5. The van der Waals surface area contributed by atoms with E-state index in [1.165, 1.54) is 113 Å². The second kappa shape index (κ2) is 12.3. The molecule has 11 aromatic rings. The lowest BCUT2D eigenvalue weighted by Gasteiger charge is -2.39. The van der Waals surface area contributed by atoms with Gasteiger partial charge in [-0.25, -0.2) is 0 Å². The molecule has 4 heteroatoms. The summed E-state index contributed by atoms with van der Waals surface area (Å²) in [5.74, 6) is 1.83. The van der Waals surface area contributed by atoms with Gasteiger partial charge in [0.2, 0.25) is 0 Å². The molecule has 1 spiro atoms. The van der Waals surface area contributed by atoms with Gasteiger partial charge < -0.3 is 9.64 Å². The van der Waals surface area contributed by atoms with Crippen LogP contribution in [0.25, 0.3) is 62.6 Å². The number of para-hydroxylation sites is 2. The standard InChI is InChI=1S/C58H37NOS2/c1-57(2)42-19-6-3-15-35(42)37-30-29-34(31-46(37)57)59(49-24-13-18-39-38-17-5-12-27-52(38)62-56(39)49)48-23-14-28-53-55(48)41-32-40-36-16-4-7-20-43(36)58(47(40)33-54(41)61-53)44-21-8-10-25-50(44)60-51-26-11-9-22-45(51)58/h3-33H,1-2H3. The second-order valence-electron chi connectivity index (χ2n) is 17.5. The Bertz CT molecular complexity index is 3690. The Kier molecular flexibility index (Phi) is 6.90. The fraction of sp³-hybridized carbons (Fsp3) is 0.0690. The fourth-order valence-electron chi connectivity index (χ4n) is 11.5. The predicted molar refractivity (Wildman–Crippen MR) is 262 cm³/mol. The molecule has 62 heavy (non-hydrogen) atoms. The summed E-state index contributed by atoms with van der Waals surface area (Å²) in [5.41, 5.74) is 15.9. The Balaban J connectivity index is 1.06. The molecule has 0 amide bonds. The monoisotopic (exact) mass is 827 g/mol. The molecule has 0 fully saturated rings. The third kappa shape index (κ3) is 4.38. The molecular weight excluding hydrogens is 791 g/mol. The van der Waals surface area contributed by atoms with Gasteiger partial charge in [0.25, 0.3) is 0 Å². The van der Waals surface area contributed by atoms with Gasteiger partial charge in [0.15, 0.2) is 0 Å². The molecule has 292 valence electrons. The zero-order chi connectivity index (χ0) is 40.9. The van der Waals surface area contributed by atoms with Crippen LogP contribution in [0, 0.1) is 0 Å². The van der Waals surface area contributed by atoms with Crippen molar-refractivity contribution < 1.29 is 4.74 Å². The van der Waals surface area contributed by atoms with Crippen LogP contribution < -0.4 is 9.64 Å². The molecule has 0 bridgehead atoms. The minimum absolute atomic E-state index is 0.135. The van der Waals surface area contributed by atoms with E-state index in [-0.39, 0.29) is 5.41 Å². The highest BCUT2D eigenvalue weighted by atomic mass is 32.1. The van der Waals surface area contributed by atoms with E-state index in [9.17, 15) is 0 Å². The van der Waals surface area contributed by atoms with Gasteiger partial charge in [0.05, 0.1) is 21.5 Å². The van der Waals surface area contributed by atoms with Crippen LogP contribution >= 0.6 is 22.7 Å². The van der Waals surface area contributed by atoms with Crippen LogP contribution in [0.1, 0.15) is 47.2 Å². The molecule has 0 N–H and O–H groups in total. The van der Waals surface area contributed by atoms with Crippen molar-refractivity contribution >= 4 is 80.1 Å². The van der Waals surface area contributed by atoms with Crippen LogP contribution in [0.5, 0.6) is 11.5 Å². The molecule has 1 aliphatic heterocycles. The smallest absolute Gasteiger partial charge is 0.132 e. The summed E-state index contributed by atoms with van der Waals surface area (Å²) in [6.45, 7) is 4.76. The van der Waals surface area contributed by atoms with Crippen LogP contribution in [0.2, 0.25) is 0 Å². The summed E-state index contributed by atoms with van der Waals surface area (Å²) < 4.78 is 11.8. The van der Waals surface area contributed by atoms with Crippen LogP contribution in [0.15, 0.2) is 188 Å². The van der Waals surface area contributed by atoms with Crippen LogP contribution in [-0.4, -0.2) is 0 Å². The van der Waals surface area contributed by atoms with Gasteiger partial charge in [0.1, 0.15) is 11.5 Å². The first-order valence-corrected chi connectivity index (χ1v) is 23.0. The highest BCUT2D eigenvalue weighted by Gasteiger charge is 2.51. The first kappa shape index (κ1) is 34.7. The predicted octanol–water partition coefficient (Wildman–Crippen LogP) is 16.7. The average molecular weight is 828 g/mol. The maximum Gasteiger partial charge on any atom is 0.132 e. The van der Waals surface area contributed by atoms with Crippen LogP contribution in [0.3, 0.4) is 0 Å². The van der Waals surface area contributed by atoms with Crippen molar-refractivity contribution in [2.24, 2.45) is 0 Å². The number of nitrogens with zero attached hydrogens (tertiary/aromatic N) is 1. The molecule has 2 aromatic heterocycles. The summed E-state index contributed by atoms with van der Waals surface area (Å²) in [7, 11) is 0. The third-order valence-electron chi connectivity index (χ3n) is 14.1. The Morgan fingerprint density at radius 3 is 1.82 bits per heavy atom. The van der Waals surface area contributed by atoms with E-state index in [1.807, 2.05) is 22.7 Å². The van der Waals surface area contributed by atoms with Gasteiger partial charge in [-0.05, 0) is 105 Å². The summed E-state index contributed by atoms with van der Waals surface area (Å²) in [5, 5.41) is 5.16. The largest absolute Gasteiger partial charge is 0.457 e. The van der Waals surface area contributed by atoms with Gasteiger partial charge in [-0.3, -0.25) is 0 Å². The van der Waals surface area contributed by atoms with E-state index in [1.54, 1.807) is 0 Å². The van der Waals surface area contributed by atoms with Crippen molar-refractivity contribution in [2.75, 3.05) is 4.90 Å². The SMILES string of the molecule is CC1(C)c2ccccc2-c2ccc(N(c3cccc4c3sc3ccccc34)c3cccc4sc5cc6c(cc5c34)-c3ccccc3C63c4ccccc4Oc4ccccc43)cc21. The molecule has 0 unspecified atom stereocenters. The Morgan fingerprint density at radius 2 is 1.02 bits per heavy atom. The fourth-order valence-corrected chi connectivity index (χ4v) is 13.8. The normalized spacial score (nSPS) is 14.7. The maximum absolute atomic E-state index is 6.66. The first-order valence-electron chi connectivity index (χ1n) is 21.4. The molecule has 3 heterocycles. The van der Waals surface area contributed by atoms with Gasteiger partial charge in [-0.1, -0.05) is 141 Å². The minimum atomic E-state index is -0.512. The van der Waals surface area contributed by atoms with Crippen LogP contribution in [-0.2, 0) is 10.8 Å². The number of benzene rings is 9. The maximum atomic E-state index is 6.66. The zero-order valence-corrected chi connectivity index (χ0v) is 35.7. The Hall–Kier alpha value is -6.98.